The zero-order chi connectivity index (χ0) is 25.9. The van der Waals surface area contributed by atoms with Crippen LogP contribution in [0.25, 0.3) is 11.3 Å². The fraction of sp³-hybridized carbons (Fsp3) is 0.171. The molecule has 5 aliphatic rings. The second-order valence-corrected chi connectivity index (χ2v) is 10.8. The first-order valence-corrected chi connectivity index (χ1v) is 13.9. The Bertz CT molecular complexity index is 1650. The van der Waals surface area contributed by atoms with Crippen LogP contribution in [0.15, 0.2) is 128 Å². The van der Waals surface area contributed by atoms with Crippen LogP contribution >= 0.6 is 0 Å². The Balaban J connectivity index is 1.39. The number of para-hydroxylation sites is 2. The summed E-state index contributed by atoms with van der Waals surface area (Å²) in [5.41, 5.74) is 8.76. The minimum atomic E-state index is 0.0207. The van der Waals surface area contributed by atoms with E-state index in [4.69, 9.17) is 4.98 Å². The number of allylic oxidation sites excluding steroid dienone is 4. The largest absolute Gasteiger partial charge is 0.321 e. The molecular formula is C35H30N4. The van der Waals surface area contributed by atoms with Crippen molar-refractivity contribution in [3.05, 3.63) is 144 Å². The lowest BCUT2D eigenvalue weighted by atomic mass is 9.85. The van der Waals surface area contributed by atoms with Crippen LogP contribution in [0.2, 0.25) is 0 Å². The Kier molecular flexibility index (Phi) is 5.10. The lowest BCUT2D eigenvalue weighted by molar-refractivity contribution is 0.458. The van der Waals surface area contributed by atoms with Crippen LogP contribution in [0.1, 0.15) is 16.7 Å². The molecule has 2 aromatic carbocycles. The number of pyridine rings is 1. The summed E-state index contributed by atoms with van der Waals surface area (Å²) in [6.45, 7) is 2.17. The normalized spacial score (nSPS) is 27.6. The zero-order valence-corrected chi connectivity index (χ0v) is 21.9. The number of rotatable bonds is 2. The van der Waals surface area contributed by atoms with E-state index in [1.54, 1.807) is 0 Å². The molecule has 8 rings (SSSR count). The van der Waals surface area contributed by atoms with Crippen LogP contribution in [-0.2, 0) is 0 Å². The molecule has 5 unspecified atom stereocenters. The van der Waals surface area contributed by atoms with Gasteiger partial charge in [-0.05, 0) is 36.3 Å². The van der Waals surface area contributed by atoms with Crippen molar-refractivity contribution in [2.45, 2.75) is 25.2 Å². The number of nitrogens with one attached hydrogen (secondary N) is 1. The molecule has 4 nitrogen and oxygen atoms in total. The van der Waals surface area contributed by atoms with E-state index in [1.807, 2.05) is 12.3 Å². The van der Waals surface area contributed by atoms with Gasteiger partial charge in [0.2, 0.25) is 0 Å². The molecule has 1 aromatic heterocycles. The fourth-order valence-corrected chi connectivity index (χ4v) is 6.95. The second-order valence-electron chi connectivity index (χ2n) is 10.8. The number of hydrogen-bond acceptors (Lipinski definition) is 4. The average molecular weight is 507 g/mol. The second kappa shape index (κ2) is 8.82. The Morgan fingerprint density at radius 2 is 1.44 bits per heavy atom. The molecular weight excluding hydrogens is 476 g/mol. The summed E-state index contributed by atoms with van der Waals surface area (Å²) in [7, 11) is 0. The van der Waals surface area contributed by atoms with E-state index in [0.717, 1.165) is 5.82 Å². The molecule has 0 spiro atoms. The quantitative estimate of drug-likeness (QED) is 0.382. The highest BCUT2D eigenvalue weighted by Gasteiger charge is 2.45. The Morgan fingerprint density at radius 3 is 2.31 bits per heavy atom. The van der Waals surface area contributed by atoms with Gasteiger partial charge in [-0.3, -0.25) is 5.32 Å². The van der Waals surface area contributed by atoms with E-state index >= 15 is 0 Å². The van der Waals surface area contributed by atoms with Gasteiger partial charge in [-0.2, -0.15) is 0 Å². The van der Waals surface area contributed by atoms with Crippen molar-refractivity contribution >= 4 is 28.5 Å². The van der Waals surface area contributed by atoms with Crippen molar-refractivity contribution in [3.63, 3.8) is 0 Å². The Morgan fingerprint density at radius 1 is 0.692 bits per heavy atom. The van der Waals surface area contributed by atoms with Crippen LogP contribution in [0.4, 0.5) is 17.2 Å². The smallest absolute Gasteiger partial charge is 0.136 e. The predicted molar refractivity (Wildman–Crippen MR) is 160 cm³/mol. The highest BCUT2D eigenvalue weighted by atomic mass is 15.3. The topological polar surface area (TPSA) is 31.4 Å². The first kappa shape index (κ1) is 22.6. The van der Waals surface area contributed by atoms with Crippen LogP contribution < -0.4 is 15.1 Å². The first-order chi connectivity index (χ1) is 19.3. The van der Waals surface area contributed by atoms with Gasteiger partial charge in [0.1, 0.15) is 12.0 Å². The summed E-state index contributed by atoms with van der Waals surface area (Å²) in [4.78, 5) is 9.93. The van der Waals surface area contributed by atoms with Crippen molar-refractivity contribution in [3.8, 4) is 0 Å². The number of aromatic nitrogens is 1. The molecule has 2 aliphatic carbocycles. The molecule has 4 heteroatoms. The number of nitrogens with zero attached hydrogens (tertiary/aromatic N) is 3. The molecule has 0 fully saturated rings. The summed E-state index contributed by atoms with van der Waals surface area (Å²) in [6.07, 6.45) is 24.6. The van der Waals surface area contributed by atoms with Crippen molar-refractivity contribution < 1.29 is 0 Å². The van der Waals surface area contributed by atoms with E-state index in [1.165, 1.54) is 39.3 Å². The number of hydrogen-bond donors (Lipinski definition) is 1. The third kappa shape index (κ3) is 3.38. The molecule has 39 heavy (non-hydrogen) atoms. The Labute approximate surface area is 229 Å². The summed E-state index contributed by atoms with van der Waals surface area (Å²) >= 11 is 0. The molecule has 0 bridgehead atoms. The van der Waals surface area contributed by atoms with Gasteiger partial charge in [-0.1, -0.05) is 103 Å². The standard InChI is InChI=1S/C35H30N4/c1-23-11-10-22-36-35(23)39-30-18-8-4-14-26(30)33-25-13-3-7-17-29(25)38(31-19-9-5-15-27(31)34(33)39)32-21-20-24-12-2-6-16-28(24)37-32/h2-22,24,26,28,30,32,37H,1H3. The van der Waals surface area contributed by atoms with Crippen molar-refractivity contribution in [1.82, 2.24) is 10.3 Å². The summed E-state index contributed by atoms with van der Waals surface area (Å²) in [5.74, 6) is 1.64. The van der Waals surface area contributed by atoms with Crippen LogP contribution in [0, 0.1) is 18.8 Å². The highest BCUT2D eigenvalue weighted by Crippen LogP contribution is 2.55. The van der Waals surface area contributed by atoms with Gasteiger partial charge in [0.25, 0.3) is 0 Å². The van der Waals surface area contributed by atoms with Crippen LogP contribution in [-0.4, -0.2) is 23.2 Å². The van der Waals surface area contributed by atoms with E-state index in [2.05, 4.69) is 137 Å². The van der Waals surface area contributed by atoms with Crippen LogP contribution in [0.5, 0.6) is 0 Å². The highest BCUT2D eigenvalue weighted by molar-refractivity contribution is 6.09. The average Bonchev–Trinajstić information content (AvgIpc) is 3.26. The molecule has 3 aliphatic heterocycles. The lowest BCUT2D eigenvalue weighted by Gasteiger charge is -2.40. The van der Waals surface area contributed by atoms with E-state index < -0.39 is 0 Å². The SMILES string of the molecule is Cc1cccnc1N1C2=C(c3ccccc3N(C3C=CC4C=CC=CC4N3)c3ccccc32)C2C=CC=CC21. The molecule has 4 heterocycles. The van der Waals surface area contributed by atoms with Gasteiger partial charge >= 0.3 is 0 Å². The first-order valence-electron chi connectivity index (χ1n) is 13.9. The monoisotopic (exact) mass is 506 g/mol. The third-order valence-electron chi connectivity index (χ3n) is 8.65. The van der Waals surface area contributed by atoms with Gasteiger partial charge in [0, 0.05) is 35.2 Å². The van der Waals surface area contributed by atoms with Crippen LogP contribution in [0.3, 0.4) is 0 Å². The Hall–Kier alpha value is -4.41. The maximum absolute atomic E-state index is 4.94. The number of aryl methyl sites for hydroxylation is 1. The number of fused-ring (bicyclic) bond motifs is 7. The summed E-state index contributed by atoms with van der Waals surface area (Å²) in [5, 5.41) is 3.94. The molecule has 3 aromatic rings. The lowest BCUT2D eigenvalue weighted by Crippen LogP contribution is -2.51. The van der Waals surface area contributed by atoms with Gasteiger partial charge in [0.05, 0.1) is 23.1 Å². The minimum Gasteiger partial charge on any atom is -0.321 e. The maximum atomic E-state index is 4.94. The van der Waals surface area contributed by atoms with Crippen molar-refractivity contribution in [2.75, 3.05) is 9.80 Å². The minimum absolute atomic E-state index is 0.0207. The van der Waals surface area contributed by atoms with Gasteiger partial charge in [-0.15, -0.1) is 0 Å². The van der Waals surface area contributed by atoms with Gasteiger partial charge in [-0.25, -0.2) is 4.98 Å². The third-order valence-corrected chi connectivity index (χ3v) is 8.65. The molecule has 0 saturated carbocycles. The molecule has 0 saturated heterocycles. The maximum Gasteiger partial charge on any atom is 0.136 e. The number of anilines is 3. The molecule has 5 atom stereocenters. The van der Waals surface area contributed by atoms with E-state index in [0.29, 0.717) is 5.92 Å². The van der Waals surface area contributed by atoms with Gasteiger partial charge < -0.3 is 9.80 Å². The number of benzene rings is 2. The van der Waals surface area contributed by atoms with E-state index in [-0.39, 0.29) is 24.2 Å². The van der Waals surface area contributed by atoms with Crippen molar-refractivity contribution in [1.29, 1.82) is 0 Å². The predicted octanol–water partition coefficient (Wildman–Crippen LogP) is 6.94. The summed E-state index contributed by atoms with van der Waals surface area (Å²) < 4.78 is 0. The molecule has 190 valence electrons. The van der Waals surface area contributed by atoms with Gasteiger partial charge in [0.15, 0.2) is 0 Å². The van der Waals surface area contributed by atoms with Crippen molar-refractivity contribution in [2.24, 2.45) is 11.8 Å². The summed E-state index contributed by atoms with van der Waals surface area (Å²) in [6, 6.07) is 22.5. The fourth-order valence-electron chi connectivity index (χ4n) is 6.95. The molecule has 0 amide bonds. The molecule has 1 N–H and O–H groups in total. The zero-order valence-electron chi connectivity index (χ0n) is 21.9. The molecule has 0 radical (unpaired) electrons. The van der Waals surface area contributed by atoms with E-state index in [9.17, 15) is 0 Å².